The van der Waals surface area contributed by atoms with Crippen LogP contribution in [0.5, 0.6) is 5.88 Å². The highest BCUT2D eigenvalue weighted by Crippen LogP contribution is 2.29. The van der Waals surface area contributed by atoms with E-state index in [4.69, 9.17) is 4.74 Å². The van der Waals surface area contributed by atoms with Crippen LogP contribution in [0.25, 0.3) is 0 Å². The number of nitrogens with one attached hydrogen (secondary N) is 2. The summed E-state index contributed by atoms with van der Waals surface area (Å²) in [7, 11) is 1.62. The van der Waals surface area contributed by atoms with Crippen LogP contribution in [0, 0.1) is 0 Å². The number of H-pyrrole nitrogens is 1. The molecule has 0 spiro atoms. The smallest absolute Gasteiger partial charge is 0.217 e. The van der Waals surface area contributed by atoms with E-state index >= 15 is 0 Å². The number of likely N-dealkylation sites (tertiary alicyclic amines) is 1. The topological polar surface area (TPSA) is 83.1 Å². The molecule has 3 rings (SSSR count). The fourth-order valence-electron chi connectivity index (χ4n) is 3.13. The number of carbonyl (C=O) groups excluding carboxylic acids is 1. The monoisotopic (exact) mass is 329 g/mol. The van der Waals surface area contributed by atoms with Gasteiger partial charge in [0.15, 0.2) is 0 Å². The quantitative estimate of drug-likeness (QED) is 0.838. The highest BCUT2D eigenvalue weighted by Gasteiger charge is 2.27. The van der Waals surface area contributed by atoms with Crippen LogP contribution in [-0.4, -0.2) is 46.2 Å². The molecule has 0 aliphatic carbocycles. The molecule has 1 fully saturated rings. The highest BCUT2D eigenvalue weighted by atomic mass is 16.5. The van der Waals surface area contributed by atoms with Crippen molar-refractivity contribution >= 4 is 5.91 Å². The Kier molecular flexibility index (Phi) is 5.10. The van der Waals surface area contributed by atoms with Gasteiger partial charge in [0, 0.05) is 56.0 Å². The van der Waals surface area contributed by atoms with Crippen molar-refractivity contribution in [3.8, 4) is 5.88 Å². The zero-order valence-corrected chi connectivity index (χ0v) is 14.1. The molecule has 1 aliphatic rings. The van der Waals surface area contributed by atoms with Crippen molar-refractivity contribution in [2.75, 3.05) is 20.2 Å². The molecule has 2 aromatic heterocycles. The summed E-state index contributed by atoms with van der Waals surface area (Å²) in [5, 5.41) is 10.1. The van der Waals surface area contributed by atoms with Gasteiger partial charge in [0.05, 0.1) is 13.3 Å². The summed E-state index contributed by atoms with van der Waals surface area (Å²) in [5.74, 6) is 1.03. The Balaban J connectivity index is 1.59. The molecule has 2 N–H and O–H groups in total. The van der Waals surface area contributed by atoms with Gasteiger partial charge in [-0.2, -0.15) is 5.10 Å². The average Bonchev–Trinajstić information content (AvgIpc) is 3.22. The minimum atomic E-state index is -0.0257. The number of methoxy groups -OCH3 is 1. The van der Waals surface area contributed by atoms with E-state index in [0.717, 1.165) is 37.3 Å². The molecule has 24 heavy (non-hydrogen) atoms. The van der Waals surface area contributed by atoms with Crippen molar-refractivity contribution in [3.05, 3.63) is 41.3 Å². The highest BCUT2D eigenvalue weighted by molar-refractivity contribution is 5.72. The molecule has 1 saturated heterocycles. The van der Waals surface area contributed by atoms with Crippen LogP contribution in [0.3, 0.4) is 0 Å². The summed E-state index contributed by atoms with van der Waals surface area (Å²) in [6.45, 7) is 4.94. The van der Waals surface area contributed by atoms with Gasteiger partial charge >= 0.3 is 0 Å². The van der Waals surface area contributed by atoms with Crippen LogP contribution in [0.1, 0.15) is 36.1 Å². The lowest BCUT2D eigenvalue weighted by Crippen LogP contribution is -2.21. The van der Waals surface area contributed by atoms with E-state index < -0.39 is 0 Å². The maximum atomic E-state index is 11.1. The predicted molar refractivity (Wildman–Crippen MR) is 89.5 cm³/mol. The third kappa shape index (κ3) is 3.91. The first-order valence-corrected chi connectivity index (χ1v) is 8.13. The first kappa shape index (κ1) is 16.4. The average molecular weight is 329 g/mol. The summed E-state index contributed by atoms with van der Waals surface area (Å²) in [6, 6.07) is 3.95. The Labute approximate surface area is 141 Å². The van der Waals surface area contributed by atoms with Gasteiger partial charge in [0.25, 0.3) is 0 Å². The van der Waals surface area contributed by atoms with Crippen molar-refractivity contribution in [2.24, 2.45) is 0 Å². The number of hydrogen-bond acceptors (Lipinski definition) is 5. The molecule has 128 valence electrons. The zero-order chi connectivity index (χ0) is 16.9. The van der Waals surface area contributed by atoms with Crippen molar-refractivity contribution in [2.45, 2.75) is 32.4 Å². The number of nitrogens with zero attached hydrogens (tertiary/aromatic N) is 3. The van der Waals surface area contributed by atoms with Gasteiger partial charge in [-0.15, -0.1) is 0 Å². The van der Waals surface area contributed by atoms with E-state index in [0.29, 0.717) is 18.3 Å². The number of pyridine rings is 1. The van der Waals surface area contributed by atoms with Crippen LogP contribution < -0.4 is 10.1 Å². The number of aromatic nitrogens is 3. The van der Waals surface area contributed by atoms with Crippen molar-refractivity contribution < 1.29 is 9.53 Å². The van der Waals surface area contributed by atoms with E-state index in [1.807, 2.05) is 12.3 Å². The lowest BCUT2D eigenvalue weighted by Gasteiger charge is -2.16. The molecule has 0 bridgehead atoms. The SMILES string of the molecule is COc1ccc(CN2CCC(c3[nH]ncc3CNC(C)=O)C2)cn1. The molecular formula is C17H23N5O2. The van der Waals surface area contributed by atoms with Gasteiger partial charge in [-0.25, -0.2) is 4.98 Å². The van der Waals surface area contributed by atoms with Gasteiger partial charge in [0.2, 0.25) is 11.8 Å². The molecule has 1 unspecified atom stereocenters. The van der Waals surface area contributed by atoms with Gasteiger partial charge in [0.1, 0.15) is 0 Å². The molecule has 0 radical (unpaired) electrons. The third-order valence-corrected chi connectivity index (χ3v) is 4.37. The number of hydrogen-bond donors (Lipinski definition) is 2. The number of carbonyl (C=O) groups is 1. The van der Waals surface area contributed by atoms with E-state index in [1.165, 1.54) is 12.5 Å². The summed E-state index contributed by atoms with van der Waals surface area (Å²) < 4.78 is 5.09. The lowest BCUT2D eigenvalue weighted by atomic mass is 10.0. The maximum absolute atomic E-state index is 11.1. The Hall–Kier alpha value is -2.41. The largest absolute Gasteiger partial charge is 0.481 e. The van der Waals surface area contributed by atoms with Crippen LogP contribution in [0.2, 0.25) is 0 Å². The van der Waals surface area contributed by atoms with Crippen molar-refractivity contribution in [1.29, 1.82) is 0 Å². The molecule has 7 nitrogen and oxygen atoms in total. The molecule has 1 aliphatic heterocycles. The van der Waals surface area contributed by atoms with Gasteiger partial charge in [-0.05, 0) is 18.5 Å². The standard InChI is InChI=1S/C17H23N5O2/c1-12(23)18-8-15-9-20-21-17(15)14-5-6-22(11-14)10-13-3-4-16(24-2)19-7-13/h3-4,7,9,14H,5-6,8,10-11H2,1-2H3,(H,18,23)(H,20,21). The molecule has 2 aromatic rings. The minimum Gasteiger partial charge on any atom is -0.481 e. The van der Waals surface area contributed by atoms with E-state index in [1.54, 1.807) is 13.3 Å². The normalized spacial score (nSPS) is 17.8. The number of rotatable bonds is 6. The van der Waals surface area contributed by atoms with Gasteiger partial charge in [-0.1, -0.05) is 6.07 Å². The summed E-state index contributed by atoms with van der Waals surface area (Å²) in [5.41, 5.74) is 3.39. The molecule has 0 aromatic carbocycles. The number of aromatic amines is 1. The van der Waals surface area contributed by atoms with Crippen molar-refractivity contribution in [3.63, 3.8) is 0 Å². The maximum Gasteiger partial charge on any atom is 0.217 e. The fourth-order valence-corrected chi connectivity index (χ4v) is 3.13. The van der Waals surface area contributed by atoms with E-state index in [-0.39, 0.29) is 5.91 Å². The first-order valence-electron chi connectivity index (χ1n) is 8.13. The molecule has 7 heteroatoms. The fraction of sp³-hybridized carbons (Fsp3) is 0.471. The van der Waals surface area contributed by atoms with Crippen LogP contribution in [-0.2, 0) is 17.9 Å². The van der Waals surface area contributed by atoms with E-state index in [9.17, 15) is 4.79 Å². The summed E-state index contributed by atoms with van der Waals surface area (Å²) >= 11 is 0. The molecule has 3 heterocycles. The lowest BCUT2D eigenvalue weighted by molar-refractivity contribution is -0.119. The van der Waals surface area contributed by atoms with Crippen molar-refractivity contribution in [1.82, 2.24) is 25.4 Å². The zero-order valence-electron chi connectivity index (χ0n) is 14.1. The molecule has 1 atom stereocenters. The minimum absolute atomic E-state index is 0.0257. The second-order valence-corrected chi connectivity index (χ2v) is 6.15. The van der Waals surface area contributed by atoms with Crippen LogP contribution in [0.4, 0.5) is 0 Å². The Morgan fingerprint density at radius 1 is 1.46 bits per heavy atom. The second-order valence-electron chi connectivity index (χ2n) is 6.15. The summed E-state index contributed by atoms with van der Waals surface area (Å²) in [6.07, 6.45) is 4.75. The van der Waals surface area contributed by atoms with E-state index in [2.05, 4.69) is 31.5 Å². The molecular weight excluding hydrogens is 306 g/mol. The number of ether oxygens (including phenoxy) is 1. The Morgan fingerprint density at radius 3 is 3.04 bits per heavy atom. The first-order chi connectivity index (χ1) is 11.7. The Bertz CT molecular complexity index is 683. The third-order valence-electron chi connectivity index (χ3n) is 4.37. The molecule has 0 saturated carbocycles. The molecule has 1 amide bonds. The second kappa shape index (κ2) is 7.44. The van der Waals surface area contributed by atoms with Crippen LogP contribution in [0.15, 0.2) is 24.5 Å². The summed E-state index contributed by atoms with van der Waals surface area (Å²) in [4.78, 5) is 17.8. The van der Waals surface area contributed by atoms with Gasteiger partial charge in [-0.3, -0.25) is 14.8 Å². The number of amides is 1. The van der Waals surface area contributed by atoms with Gasteiger partial charge < -0.3 is 10.1 Å². The van der Waals surface area contributed by atoms with Crippen LogP contribution >= 0.6 is 0 Å². The Morgan fingerprint density at radius 2 is 2.33 bits per heavy atom. The predicted octanol–water partition coefficient (Wildman–Crippen LogP) is 1.44.